The Labute approximate surface area is 163 Å². The molecule has 2 saturated carbocycles. The van der Waals surface area contributed by atoms with Crippen LogP contribution in [0.3, 0.4) is 0 Å². The molecule has 2 N–H and O–H groups in total. The Morgan fingerprint density at radius 3 is 2.69 bits per heavy atom. The summed E-state index contributed by atoms with van der Waals surface area (Å²) < 4.78 is 46.2. The van der Waals surface area contributed by atoms with E-state index in [1.165, 1.54) is 7.05 Å². The van der Waals surface area contributed by atoms with Crippen molar-refractivity contribution in [3.8, 4) is 0 Å². The van der Waals surface area contributed by atoms with Crippen molar-refractivity contribution < 1.29 is 22.7 Å². The first kappa shape index (κ1) is 18.2. The Morgan fingerprint density at radius 2 is 2.10 bits per heavy atom. The first-order chi connectivity index (χ1) is 13.8. The SMILES string of the molecule is CNc1nc(Nc2cc([C@]34C(=O)OC[C@H]3[C@H]4C)nn2C2CC2)ncc1C(F)(F)F. The van der Waals surface area contributed by atoms with Gasteiger partial charge in [0.1, 0.15) is 22.6 Å². The standard InChI is InChI=1S/C18H19F3N6O2/c1-8-11-7-29-15(28)17(8,11)12-5-13(27(26-12)9-3-4-9)24-16-23-6-10(18(19,20)21)14(22-2)25-16/h5-6,8-9,11H,3-4,7H2,1-2H3,(H2,22,23,24,25)/t8-,11+,17-/m1/s1. The van der Waals surface area contributed by atoms with E-state index in [1.54, 1.807) is 10.7 Å². The quantitative estimate of drug-likeness (QED) is 0.735. The van der Waals surface area contributed by atoms with Gasteiger partial charge in [-0.3, -0.25) is 4.79 Å². The highest BCUT2D eigenvalue weighted by atomic mass is 19.4. The molecule has 5 rings (SSSR count). The summed E-state index contributed by atoms with van der Waals surface area (Å²) in [6.07, 6.45) is -1.92. The third kappa shape index (κ3) is 2.59. The van der Waals surface area contributed by atoms with Crippen LogP contribution in [0.4, 0.5) is 30.8 Å². The second-order valence-corrected chi connectivity index (χ2v) is 7.78. The summed E-state index contributed by atoms with van der Waals surface area (Å²) in [4.78, 5) is 20.2. The van der Waals surface area contributed by atoms with Crippen LogP contribution in [-0.2, 0) is 21.1 Å². The van der Waals surface area contributed by atoms with Crippen molar-refractivity contribution in [3.63, 3.8) is 0 Å². The number of halogens is 3. The minimum atomic E-state index is -4.56. The molecule has 1 aliphatic heterocycles. The second-order valence-electron chi connectivity index (χ2n) is 7.78. The van der Waals surface area contributed by atoms with Gasteiger partial charge in [-0.15, -0.1) is 0 Å². The lowest BCUT2D eigenvalue weighted by Crippen LogP contribution is -2.22. The average Bonchev–Trinajstić information content (AvgIpc) is 3.52. The van der Waals surface area contributed by atoms with Crippen LogP contribution in [-0.4, -0.2) is 39.4 Å². The summed E-state index contributed by atoms with van der Waals surface area (Å²) >= 11 is 0. The zero-order chi connectivity index (χ0) is 20.6. The number of fused-ring (bicyclic) bond motifs is 1. The van der Waals surface area contributed by atoms with Gasteiger partial charge in [0, 0.05) is 25.2 Å². The molecular weight excluding hydrogens is 389 g/mol. The summed E-state index contributed by atoms with van der Waals surface area (Å²) in [6.45, 7) is 2.40. The van der Waals surface area contributed by atoms with Gasteiger partial charge < -0.3 is 15.4 Å². The largest absolute Gasteiger partial charge is 0.465 e. The number of nitrogens with zero attached hydrogens (tertiary/aromatic N) is 4. The summed E-state index contributed by atoms with van der Waals surface area (Å²) in [7, 11) is 1.37. The van der Waals surface area contributed by atoms with E-state index in [0.717, 1.165) is 19.0 Å². The molecule has 2 aromatic rings. The van der Waals surface area contributed by atoms with Crippen LogP contribution >= 0.6 is 0 Å². The fourth-order valence-electron chi connectivity index (χ4n) is 4.32. The zero-order valence-electron chi connectivity index (χ0n) is 15.7. The van der Waals surface area contributed by atoms with Gasteiger partial charge in [-0.1, -0.05) is 6.92 Å². The predicted molar refractivity (Wildman–Crippen MR) is 95.7 cm³/mol. The van der Waals surface area contributed by atoms with Crippen LogP contribution < -0.4 is 10.6 Å². The first-order valence-electron chi connectivity index (χ1n) is 9.43. The first-order valence-corrected chi connectivity index (χ1v) is 9.43. The maximum absolute atomic E-state index is 13.1. The summed E-state index contributed by atoms with van der Waals surface area (Å²) in [5.41, 5.74) is -1.02. The molecule has 0 aromatic carbocycles. The van der Waals surface area contributed by atoms with Gasteiger partial charge in [0.15, 0.2) is 0 Å². The number of hydrogen-bond acceptors (Lipinski definition) is 7. The molecule has 3 atom stereocenters. The van der Waals surface area contributed by atoms with Crippen molar-refractivity contribution in [1.29, 1.82) is 0 Å². The number of carbonyl (C=O) groups excluding carboxylic acids is 1. The average molecular weight is 408 g/mol. The number of alkyl halides is 3. The van der Waals surface area contributed by atoms with Crippen LogP contribution in [0, 0.1) is 11.8 Å². The van der Waals surface area contributed by atoms with Crippen LogP contribution in [0.2, 0.25) is 0 Å². The van der Waals surface area contributed by atoms with E-state index in [1.807, 2.05) is 6.92 Å². The topological polar surface area (TPSA) is 94.0 Å². The normalized spacial score (nSPS) is 28.1. The second kappa shape index (κ2) is 5.83. The van der Waals surface area contributed by atoms with Crippen molar-refractivity contribution in [2.24, 2.45) is 11.8 Å². The Kier molecular flexibility index (Phi) is 3.66. The number of esters is 1. The molecule has 2 aromatic heterocycles. The lowest BCUT2D eigenvalue weighted by atomic mass is 9.99. The molecule has 1 saturated heterocycles. The van der Waals surface area contributed by atoms with Crippen molar-refractivity contribution in [2.75, 3.05) is 24.3 Å². The van der Waals surface area contributed by atoms with Crippen LogP contribution in [0.25, 0.3) is 0 Å². The number of aromatic nitrogens is 4. The summed E-state index contributed by atoms with van der Waals surface area (Å²) in [5, 5.41) is 10.1. The molecule has 3 fully saturated rings. The number of hydrogen-bond donors (Lipinski definition) is 2. The Morgan fingerprint density at radius 1 is 1.34 bits per heavy atom. The van der Waals surface area contributed by atoms with Crippen molar-refractivity contribution in [1.82, 2.24) is 19.7 Å². The summed E-state index contributed by atoms with van der Waals surface area (Å²) in [5.74, 6) is 0.256. The number of nitrogens with one attached hydrogen (secondary N) is 2. The van der Waals surface area contributed by atoms with Gasteiger partial charge in [-0.05, 0) is 18.8 Å². The molecule has 2 aliphatic carbocycles. The Bertz CT molecular complexity index is 1000. The highest BCUT2D eigenvalue weighted by Gasteiger charge is 2.74. The van der Waals surface area contributed by atoms with E-state index in [2.05, 4.69) is 25.7 Å². The molecule has 11 heteroatoms. The van der Waals surface area contributed by atoms with Gasteiger partial charge in [0.25, 0.3) is 0 Å². The van der Waals surface area contributed by atoms with E-state index in [0.29, 0.717) is 18.1 Å². The third-order valence-electron chi connectivity index (χ3n) is 6.15. The van der Waals surface area contributed by atoms with Crippen molar-refractivity contribution in [2.45, 2.75) is 37.4 Å². The smallest absolute Gasteiger partial charge is 0.421 e. The molecule has 3 heterocycles. The molecule has 0 amide bonds. The number of ether oxygens (including phenoxy) is 1. The van der Waals surface area contributed by atoms with Gasteiger partial charge in [0.2, 0.25) is 5.95 Å². The van der Waals surface area contributed by atoms with Crippen molar-refractivity contribution in [3.05, 3.63) is 23.5 Å². The Hall–Kier alpha value is -2.85. The monoisotopic (exact) mass is 408 g/mol. The summed E-state index contributed by atoms with van der Waals surface area (Å²) in [6, 6.07) is 1.95. The maximum Gasteiger partial charge on any atom is 0.421 e. The lowest BCUT2D eigenvalue weighted by molar-refractivity contribution is -0.143. The number of anilines is 3. The fourth-order valence-corrected chi connectivity index (χ4v) is 4.32. The molecule has 8 nitrogen and oxygen atoms in total. The molecule has 0 spiro atoms. The van der Waals surface area contributed by atoms with Crippen molar-refractivity contribution >= 4 is 23.6 Å². The minimum Gasteiger partial charge on any atom is -0.465 e. The van der Waals surface area contributed by atoms with Crippen LogP contribution in [0.5, 0.6) is 0 Å². The van der Waals surface area contributed by atoms with Crippen LogP contribution in [0.15, 0.2) is 12.3 Å². The van der Waals surface area contributed by atoms with Crippen LogP contribution in [0.1, 0.15) is 37.1 Å². The molecule has 29 heavy (non-hydrogen) atoms. The van der Waals surface area contributed by atoms with E-state index >= 15 is 0 Å². The zero-order valence-corrected chi connectivity index (χ0v) is 15.7. The van der Waals surface area contributed by atoms with Gasteiger partial charge >= 0.3 is 12.1 Å². The highest BCUT2D eigenvalue weighted by molar-refractivity contribution is 5.90. The molecule has 3 aliphatic rings. The number of carbonyl (C=O) groups is 1. The maximum atomic E-state index is 13.1. The molecule has 0 radical (unpaired) electrons. The highest BCUT2D eigenvalue weighted by Crippen LogP contribution is 2.64. The Balaban J connectivity index is 1.50. The number of cyclic esters (lactones) is 1. The molecular formula is C18H19F3N6O2. The van der Waals surface area contributed by atoms with E-state index in [9.17, 15) is 18.0 Å². The third-order valence-corrected chi connectivity index (χ3v) is 6.15. The van der Waals surface area contributed by atoms with E-state index in [-0.39, 0.29) is 35.6 Å². The van der Waals surface area contributed by atoms with Gasteiger partial charge in [0.05, 0.1) is 18.3 Å². The fraction of sp³-hybridized carbons (Fsp3) is 0.556. The molecule has 154 valence electrons. The number of rotatable bonds is 5. The molecule has 0 unspecified atom stereocenters. The van der Waals surface area contributed by atoms with Gasteiger partial charge in [-0.2, -0.15) is 23.3 Å². The predicted octanol–water partition coefficient (Wildman–Crippen LogP) is 2.87. The van der Waals surface area contributed by atoms with Gasteiger partial charge in [-0.25, -0.2) is 9.67 Å². The van der Waals surface area contributed by atoms with E-state index in [4.69, 9.17) is 4.74 Å². The van der Waals surface area contributed by atoms with E-state index < -0.39 is 17.2 Å². The lowest BCUT2D eigenvalue weighted by Gasteiger charge is -2.13. The minimum absolute atomic E-state index is 0.0163. The molecule has 0 bridgehead atoms.